The first kappa shape index (κ1) is 15.5. The highest BCUT2D eigenvalue weighted by molar-refractivity contribution is 5.89. The second kappa shape index (κ2) is 7.78. The van der Waals surface area contributed by atoms with E-state index in [1.807, 2.05) is 30.3 Å². The van der Waals surface area contributed by atoms with Crippen LogP contribution in [0.5, 0.6) is 0 Å². The first-order valence-corrected chi connectivity index (χ1v) is 7.29. The Hall–Kier alpha value is -1.88. The quantitative estimate of drug-likeness (QED) is 0.767. The van der Waals surface area contributed by atoms with Gasteiger partial charge in [0.05, 0.1) is 5.92 Å². The van der Waals surface area contributed by atoms with Gasteiger partial charge in [0.2, 0.25) is 11.8 Å². The summed E-state index contributed by atoms with van der Waals surface area (Å²) in [4.78, 5) is 25.8. The number of methoxy groups -OCH3 is 1. The van der Waals surface area contributed by atoms with Crippen LogP contribution in [0.15, 0.2) is 30.3 Å². The third-order valence-corrected chi connectivity index (χ3v) is 3.63. The molecule has 5 nitrogen and oxygen atoms in total. The zero-order chi connectivity index (χ0) is 15.1. The van der Waals surface area contributed by atoms with Gasteiger partial charge in [-0.15, -0.1) is 0 Å². The summed E-state index contributed by atoms with van der Waals surface area (Å²) in [5, 5.41) is 2.87. The van der Waals surface area contributed by atoms with Gasteiger partial charge < -0.3 is 15.0 Å². The highest BCUT2D eigenvalue weighted by Crippen LogP contribution is 2.20. The van der Waals surface area contributed by atoms with Crippen molar-refractivity contribution in [2.75, 3.05) is 26.8 Å². The molecule has 0 radical (unpaired) electrons. The van der Waals surface area contributed by atoms with E-state index >= 15 is 0 Å². The number of nitrogens with one attached hydrogen (secondary N) is 1. The van der Waals surface area contributed by atoms with E-state index in [0.29, 0.717) is 32.7 Å². The van der Waals surface area contributed by atoms with Crippen molar-refractivity contribution < 1.29 is 14.3 Å². The van der Waals surface area contributed by atoms with Crippen molar-refractivity contribution in [3.05, 3.63) is 35.9 Å². The van der Waals surface area contributed by atoms with Crippen LogP contribution in [0, 0.1) is 5.92 Å². The highest BCUT2D eigenvalue weighted by atomic mass is 16.5. The fraction of sp³-hybridized carbons (Fsp3) is 0.500. The molecule has 0 unspecified atom stereocenters. The van der Waals surface area contributed by atoms with Gasteiger partial charge in [0.15, 0.2) is 0 Å². The molecule has 0 bridgehead atoms. The van der Waals surface area contributed by atoms with Crippen LogP contribution in [-0.2, 0) is 20.9 Å². The summed E-state index contributed by atoms with van der Waals surface area (Å²) in [5.41, 5.74) is 1.09. The summed E-state index contributed by atoms with van der Waals surface area (Å²) >= 11 is 0. The minimum atomic E-state index is -0.233. The number of carbonyl (C=O) groups excluding carboxylic acids is 2. The fourth-order valence-corrected chi connectivity index (χ4v) is 2.48. The van der Waals surface area contributed by atoms with Crippen LogP contribution in [0.4, 0.5) is 0 Å². The van der Waals surface area contributed by atoms with E-state index in [4.69, 9.17) is 4.74 Å². The minimum absolute atomic E-state index is 0.0324. The summed E-state index contributed by atoms with van der Waals surface area (Å²) < 4.78 is 4.94. The smallest absolute Gasteiger partial charge is 0.225 e. The number of carbonyl (C=O) groups is 2. The Kier molecular flexibility index (Phi) is 5.75. The predicted octanol–water partition coefficient (Wildman–Crippen LogP) is 1.19. The Morgan fingerprint density at radius 1 is 1.38 bits per heavy atom. The lowest BCUT2D eigenvalue weighted by Crippen LogP contribution is -2.33. The molecular formula is C16H22N2O3. The molecule has 21 heavy (non-hydrogen) atoms. The molecule has 0 spiro atoms. The van der Waals surface area contributed by atoms with Crippen LogP contribution in [0.25, 0.3) is 0 Å². The van der Waals surface area contributed by atoms with Crippen LogP contribution in [0.2, 0.25) is 0 Å². The molecule has 1 fully saturated rings. The van der Waals surface area contributed by atoms with Crippen LogP contribution >= 0.6 is 0 Å². The molecule has 1 aliphatic heterocycles. The van der Waals surface area contributed by atoms with Crippen molar-refractivity contribution in [3.8, 4) is 0 Å². The van der Waals surface area contributed by atoms with Gasteiger partial charge in [-0.25, -0.2) is 0 Å². The van der Waals surface area contributed by atoms with Gasteiger partial charge >= 0.3 is 0 Å². The predicted molar refractivity (Wildman–Crippen MR) is 79.5 cm³/mol. The number of likely N-dealkylation sites (tertiary alicyclic amines) is 1. The molecule has 114 valence electrons. The normalized spacial score (nSPS) is 18.0. The summed E-state index contributed by atoms with van der Waals surface area (Å²) in [5.74, 6) is -0.213. The Balaban J connectivity index is 1.80. The molecule has 1 aromatic rings. The molecule has 5 heteroatoms. The van der Waals surface area contributed by atoms with Crippen molar-refractivity contribution in [1.82, 2.24) is 10.2 Å². The van der Waals surface area contributed by atoms with E-state index in [9.17, 15) is 9.59 Å². The average Bonchev–Trinajstić information content (AvgIpc) is 2.86. The average molecular weight is 290 g/mol. The summed E-state index contributed by atoms with van der Waals surface area (Å²) in [6.07, 6.45) is 1.10. The van der Waals surface area contributed by atoms with Crippen LogP contribution < -0.4 is 5.32 Å². The molecule has 0 saturated carbocycles. The molecule has 0 aliphatic carbocycles. The van der Waals surface area contributed by atoms with E-state index in [1.165, 1.54) is 0 Å². The van der Waals surface area contributed by atoms with Crippen molar-refractivity contribution in [3.63, 3.8) is 0 Å². The van der Waals surface area contributed by atoms with E-state index in [-0.39, 0.29) is 17.7 Å². The van der Waals surface area contributed by atoms with Gasteiger partial charge in [0.25, 0.3) is 0 Å². The maximum absolute atomic E-state index is 12.0. The fourth-order valence-electron chi connectivity index (χ4n) is 2.48. The number of hydrogen-bond acceptors (Lipinski definition) is 3. The van der Waals surface area contributed by atoms with Gasteiger partial charge in [-0.3, -0.25) is 9.59 Å². The first-order chi connectivity index (χ1) is 10.2. The maximum Gasteiger partial charge on any atom is 0.225 e. The summed E-state index contributed by atoms with van der Waals surface area (Å²) in [6, 6.07) is 9.84. The molecule has 2 rings (SSSR count). The third-order valence-electron chi connectivity index (χ3n) is 3.63. The van der Waals surface area contributed by atoms with Crippen LogP contribution in [0.3, 0.4) is 0 Å². The monoisotopic (exact) mass is 290 g/mol. The SMILES string of the molecule is COCCCNC(=O)[C@@H]1CC(=O)N(Cc2ccccc2)C1. The summed E-state index contributed by atoms with van der Waals surface area (Å²) in [7, 11) is 1.64. The van der Waals surface area contributed by atoms with Gasteiger partial charge in [-0.05, 0) is 12.0 Å². The van der Waals surface area contributed by atoms with Crippen molar-refractivity contribution in [2.45, 2.75) is 19.4 Å². The molecule has 1 aliphatic rings. The van der Waals surface area contributed by atoms with E-state index < -0.39 is 0 Å². The molecule has 2 amide bonds. The van der Waals surface area contributed by atoms with Crippen molar-refractivity contribution in [2.24, 2.45) is 5.92 Å². The molecular weight excluding hydrogens is 268 g/mol. The summed E-state index contributed by atoms with van der Waals surface area (Å²) in [6.45, 7) is 2.30. The zero-order valence-electron chi connectivity index (χ0n) is 12.4. The van der Waals surface area contributed by atoms with E-state index in [2.05, 4.69) is 5.32 Å². The number of nitrogens with zero attached hydrogens (tertiary/aromatic N) is 1. The molecule has 1 N–H and O–H groups in total. The standard InChI is InChI=1S/C16H22N2O3/c1-21-9-5-8-17-16(20)14-10-15(19)18(12-14)11-13-6-3-2-4-7-13/h2-4,6-7,14H,5,8-12H2,1H3,(H,17,20)/t14-/m1/s1. The number of rotatable bonds is 7. The zero-order valence-corrected chi connectivity index (χ0v) is 12.4. The van der Waals surface area contributed by atoms with Gasteiger partial charge in [0, 0.05) is 39.8 Å². The second-order valence-corrected chi connectivity index (χ2v) is 5.30. The lowest BCUT2D eigenvalue weighted by molar-refractivity contribution is -0.129. The van der Waals surface area contributed by atoms with Crippen LogP contribution in [0.1, 0.15) is 18.4 Å². The van der Waals surface area contributed by atoms with Gasteiger partial charge in [0.1, 0.15) is 0 Å². The van der Waals surface area contributed by atoms with Crippen molar-refractivity contribution >= 4 is 11.8 Å². The van der Waals surface area contributed by atoms with Crippen molar-refractivity contribution in [1.29, 1.82) is 0 Å². The topological polar surface area (TPSA) is 58.6 Å². The van der Waals surface area contributed by atoms with E-state index in [0.717, 1.165) is 12.0 Å². The molecule has 1 heterocycles. The number of amides is 2. The number of ether oxygens (including phenoxy) is 1. The minimum Gasteiger partial charge on any atom is -0.385 e. The van der Waals surface area contributed by atoms with Crippen LogP contribution in [-0.4, -0.2) is 43.5 Å². The first-order valence-electron chi connectivity index (χ1n) is 7.29. The lowest BCUT2D eigenvalue weighted by Gasteiger charge is -2.16. The Morgan fingerprint density at radius 3 is 2.86 bits per heavy atom. The Bertz CT molecular complexity index is 476. The number of benzene rings is 1. The van der Waals surface area contributed by atoms with Gasteiger partial charge in [-0.1, -0.05) is 30.3 Å². The van der Waals surface area contributed by atoms with Gasteiger partial charge in [-0.2, -0.15) is 0 Å². The van der Waals surface area contributed by atoms with E-state index in [1.54, 1.807) is 12.0 Å². The molecule has 0 aromatic heterocycles. The maximum atomic E-state index is 12.0. The lowest BCUT2D eigenvalue weighted by atomic mass is 10.1. The number of hydrogen-bond donors (Lipinski definition) is 1. The highest BCUT2D eigenvalue weighted by Gasteiger charge is 2.33. The molecule has 1 atom stereocenters. The second-order valence-electron chi connectivity index (χ2n) is 5.30. The Morgan fingerprint density at radius 2 is 2.14 bits per heavy atom. The molecule has 1 aromatic carbocycles. The third kappa shape index (κ3) is 4.56. The Labute approximate surface area is 125 Å². The largest absolute Gasteiger partial charge is 0.385 e. The molecule has 1 saturated heterocycles.